The van der Waals surface area contributed by atoms with Gasteiger partial charge in [-0.05, 0) is 12.1 Å². The second kappa shape index (κ2) is 3.16. The number of hydrogen-bond donors (Lipinski definition) is 0. The first kappa shape index (κ1) is 9.85. The lowest BCUT2D eigenvalue weighted by atomic mass is 10.2. The molecule has 0 saturated heterocycles. The van der Waals surface area contributed by atoms with Crippen molar-refractivity contribution in [3.8, 4) is 0 Å². The fourth-order valence-corrected chi connectivity index (χ4v) is 2.15. The lowest BCUT2D eigenvalue weighted by Crippen LogP contribution is -2.09. The van der Waals surface area contributed by atoms with Gasteiger partial charge in [-0.1, -0.05) is 0 Å². The molecule has 78 valence electrons. The number of rotatable bonds is 2. The third-order valence-corrected chi connectivity index (χ3v) is 3.08. The molecule has 0 atom stereocenters. The van der Waals surface area contributed by atoms with E-state index in [2.05, 4.69) is 4.98 Å². The van der Waals surface area contributed by atoms with E-state index in [0.717, 1.165) is 10.2 Å². The maximum absolute atomic E-state index is 11.3. The highest BCUT2D eigenvalue weighted by atomic mass is 32.2. The number of fused-ring (bicyclic) bond motifs is 1. The average Bonchev–Trinajstić information content (AvgIpc) is 2.59. The van der Waals surface area contributed by atoms with Crippen LogP contribution in [0.1, 0.15) is 10.4 Å². The van der Waals surface area contributed by atoms with Gasteiger partial charge >= 0.3 is 0 Å². The predicted octanol–water partition coefficient (Wildman–Crippen LogP) is 0.656. The van der Waals surface area contributed by atoms with E-state index in [-0.39, 0.29) is 5.65 Å². The smallest absolute Gasteiger partial charge is 0.237 e. The number of carbonyl (C=O) groups excluding carboxylic acids is 1. The highest BCUT2D eigenvalue weighted by Crippen LogP contribution is 2.17. The van der Waals surface area contributed by atoms with Crippen LogP contribution in [0.25, 0.3) is 11.0 Å². The number of aldehydes is 1. The molecule has 0 aliphatic carbocycles. The van der Waals surface area contributed by atoms with Crippen LogP contribution in [-0.4, -0.2) is 29.9 Å². The van der Waals surface area contributed by atoms with Gasteiger partial charge in [-0.2, -0.15) is 0 Å². The first-order valence-corrected chi connectivity index (χ1v) is 6.00. The van der Waals surface area contributed by atoms with Crippen LogP contribution in [0.3, 0.4) is 0 Å². The Morgan fingerprint density at radius 3 is 2.73 bits per heavy atom. The molecule has 2 aromatic rings. The van der Waals surface area contributed by atoms with Gasteiger partial charge in [0.2, 0.25) is 10.0 Å². The van der Waals surface area contributed by atoms with E-state index in [1.807, 2.05) is 0 Å². The highest BCUT2D eigenvalue weighted by molar-refractivity contribution is 7.89. The molecule has 5 nitrogen and oxygen atoms in total. The molecule has 0 radical (unpaired) electrons. The third-order valence-electron chi connectivity index (χ3n) is 2.07. The van der Waals surface area contributed by atoms with Crippen LogP contribution in [0, 0.1) is 0 Å². The van der Waals surface area contributed by atoms with Crippen molar-refractivity contribution in [3.63, 3.8) is 0 Å². The summed E-state index contributed by atoms with van der Waals surface area (Å²) < 4.78 is 23.7. The van der Waals surface area contributed by atoms with Crippen LogP contribution in [-0.2, 0) is 10.0 Å². The van der Waals surface area contributed by atoms with Crippen LogP contribution < -0.4 is 0 Å². The molecule has 0 aliphatic heterocycles. The van der Waals surface area contributed by atoms with Crippen molar-refractivity contribution in [2.45, 2.75) is 0 Å². The highest BCUT2D eigenvalue weighted by Gasteiger charge is 2.12. The van der Waals surface area contributed by atoms with Gasteiger partial charge in [0.15, 0.2) is 11.9 Å². The molecule has 0 aliphatic rings. The van der Waals surface area contributed by atoms with Crippen LogP contribution in [0.4, 0.5) is 0 Å². The minimum atomic E-state index is -3.37. The molecular formula is C9H8N2O3S. The number of carbonyl (C=O) groups is 1. The molecule has 0 aromatic carbocycles. The SMILES string of the molecule is CS(=O)(=O)n1ccc2c(C=O)ccnc21. The van der Waals surface area contributed by atoms with Crippen LogP contribution in [0.2, 0.25) is 0 Å². The molecule has 0 N–H and O–H groups in total. The van der Waals surface area contributed by atoms with Crippen molar-refractivity contribution < 1.29 is 13.2 Å². The van der Waals surface area contributed by atoms with Gasteiger partial charge in [0.05, 0.1) is 6.26 Å². The molecule has 0 saturated carbocycles. The molecule has 2 rings (SSSR count). The zero-order valence-corrected chi connectivity index (χ0v) is 8.73. The molecule has 0 fully saturated rings. The topological polar surface area (TPSA) is 69.0 Å². The minimum Gasteiger partial charge on any atom is -0.298 e. The van der Waals surface area contributed by atoms with Crippen molar-refractivity contribution in [2.75, 3.05) is 6.26 Å². The molecule has 0 unspecified atom stereocenters. The van der Waals surface area contributed by atoms with Crippen molar-refractivity contribution in [3.05, 3.63) is 30.1 Å². The van der Waals surface area contributed by atoms with E-state index in [0.29, 0.717) is 17.2 Å². The number of nitrogens with zero attached hydrogens (tertiary/aromatic N) is 2. The average molecular weight is 224 g/mol. The summed E-state index contributed by atoms with van der Waals surface area (Å²) in [5, 5.41) is 0.540. The van der Waals surface area contributed by atoms with Crippen molar-refractivity contribution in [2.24, 2.45) is 0 Å². The second-order valence-electron chi connectivity index (χ2n) is 3.13. The maximum atomic E-state index is 11.3. The number of aromatic nitrogens is 2. The lowest BCUT2D eigenvalue weighted by molar-refractivity contribution is 0.112. The summed E-state index contributed by atoms with van der Waals surface area (Å²) in [5.41, 5.74) is 0.713. The minimum absolute atomic E-state index is 0.280. The van der Waals surface area contributed by atoms with E-state index in [4.69, 9.17) is 0 Å². The quantitative estimate of drug-likeness (QED) is 0.702. The fraction of sp³-hybridized carbons (Fsp3) is 0.111. The second-order valence-corrected chi connectivity index (χ2v) is 4.99. The molecular weight excluding hydrogens is 216 g/mol. The predicted molar refractivity (Wildman–Crippen MR) is 55.4 cm³/mol. The van der Waals surface area contributed by atoms with E-state index in [9.17, 15) is 13.2 Å². The Morgan fingerprint density at radius 1 is 1.40 bits per heavy atom. The fourth-order valence-electron chi connectivity index (χ4n) is 1.41. The van der Waals surface area contributed by atoms with Gasteiger partial charge in [0, 0.05) is 23.3 Å². The molecule has 0 bridgehead atoms. The normalized spacial score (nSPS) is 11.8. The van der Waals surface area contributed by atoms with E-state index in [1.54, 1.807) is 12.1 Å². The summed E-state index contributed by atoms with van der Waals surface area (Å²) in [6.45, 7) is 0. The Balaban J connectivity index is 2.89. The molecule has 6 heteroatoms. The lowest BCUT2D eigenvalue weighted by Gasteiger charge is -2.00. The van der Waals surface area contributed by atoms with Crippen LogP contribution >= 0.6 is 0 Å². The van der Waals surface area contributed by atoms with Gasteiger partial charge in [0.25, 0.3) is 0 Å². The summed E-state index contributed by atoms with van der Waals surface area (Å²) in [6.07, 6.45) is 4.56. The van der Waals surface area contributed by atoms with Gasteiger partial charge in [-0.3, -0.25) is 4.79 Å². The monoisotopic (exact) mass is 224 g/mol. The largest absolute Gasteiger partial charge is 0.298 e. The van der Waals surface area contributed by atoms with Gasteiger partial charge in [-0.15, -0.1) is 0 Å². The summed E-state index contributed by atoms with van der Waals surface area (Å²) >= 11 is 0. The van der Waals surface area contributed by atoms with E-state index >= 15 is 0 Å². The van der Waals surface area contributed by atoms with Gasteiger partial charge in [0.1, 0.15) is 0 Å². The molecule has 15 heavy (non-hydrogen) atoms. The van der Waals surface area contributed by atoms with Gasteiger partial charge in [-0.25, -0.2) is 17.4 Å². The first-order valence-electron chi connectivity index (χ1n) is 4.16. The molecule has 0 spiro atoms. The maximum Gasteiger partial charge on any atom is 0.237 e. The van der Waals surface area contributed by atoms with Crippen molar-refractivity contribution in [1.29, 1.82) is 0 Å². The Bertz CT molecular complexity index is 628. The Morgan fingerprint density at radius 2 is 2.13 bits per heavy atom. The Hall–Kier alpha value is -1.69. The molecule has 2 aromatic heterocycles. The van der Waals surface area contributed by atoms with E-state index in [1.165, 1.54) is 12.4 Å². The van der Waals surface area contributed by atoms with Crippen LogP contribution in [0.15, 0.2) is 24.5 Å². The number of hydrogen-bond acceptors (Lipinski definition) is 4. The van der Waals surface area contributed by atoms with E-state index < -0.39 is 10.0 Å². The summed E-state index contributed by atoms with van der Waals surface area (Å²) in [7, 11) is -3.37. The molecule has 2 heterocycles. The zero-order valence-electron chi connectivity index (χ0n) is 7.91. The van der Waals surface area contributed by atoms with Crippen molar-refractivity contribution in [1.82, 2.24) is 8.96 Å². The Labute approximate surface area is 86.4 Å². The van der Waals surface area contributed by atoms with Gasteiger partial charge < -0.3 is 0 Å². The summed E-state index contributed by atoms with van der Waals surface area (Å²) in [6, 6.07) is 3.11. The standard InChI is InChI=1S/C9H8N2O3S/c1-15(13,14)11-5-3-8-7(6-12)2-4-10-9(8)11/h2-6H,1H3. The summed E-state index contributed by atoms with van der Waals surface area (Å²) in [5.74, 6) is 0. The Kier molecular flexibility index (Phi) is 2.08. The van der Waals surface area contributed by atoms with Crippen molar-refractivity contribution >= 4 is 27.3 Å². The third kappa shape index (κ3) is 1.52. The first-order chi connectivity index (χ1) is 7.04. The van der Waals surface area contributed by atoms with Crippen LogP contribution in [0.5, 0.6) is 0 Å². The summed E-state index contributed by atoms with van der Waals surface area (Å²) in [4.78, 5) is 14.6. The molecule has 0 amide bonds. The number of pyridine rings is 1. The zero-order chi connectivity index (χ0) is 11.1.